The number of nitrogens with zero attached hydrogens (tertiary/aromatic N) is 1. The molecule has 1 atom stereocenters. The molecule has 0 aliphatic rings. The van der Waals surface area contributed by atoms with E-state index in [9.17, 15) is 9.90 Å². The van der Waals surface area contributed by atoms with Gasteiger partial charge in [0.25, 0.3) is 0 Å². The van der Waals surface area contributed by atoms with Crippen molar-refractivity contribution >= 4 is 11.7 Å². The van der Waals surface area contributed by atoms with E-state index < -0.39 is 0 Å². The van der Waals surface area contributed by atoms with Crippen molar-refractivity contribution < 1.29 is 9.90 Å². The van der Waals surface area contributed by atoms with Crippen molar-refractivity contribution in [3.8, 4) is 5.75 Å². The summed E-state index contributed by atoms with van der Waals surface area (Å²) in [6.07, 6.45) is 3.62. The fourth-order valence-electron chi connectivity index (χ4n) is 2.20. The first-order valence-electron chi connectivity index (χ1n) is 6.98. The molecule has 1 heterocycles. The van der Waals surface area contributed by atoms with Crippen molar-refractivity contribution in [3.05, 3.63) is 18.3 Å². The van der Waals surface area contributed by atoms with E-state index in [1.807, 2.05) is 0 Å². The number of carbonyl (C=O) groups excluding carboxylic acids is 1. The molecule has 0 saturated heterocycles. The molecule has 0 aliphatic carbocycles. The highest BCUT2D eigenvalue weighted by Crippen LogP contribution is 2.32. The Bertz CT molecular complexity index is 441. The van der Waals surface area contributed by atoms with E-state index in [0.717, 1.165) is 12.8 Å². The molecule has 4 N–H and O–H groups in total. The van der Waals surface area contributed by atoms with Gasteiger partial charge in [-0.25, -0.2) is 4.98 Å². The van der Waals surface area contributed by atoms with Crippen LogP contribution in [0.5, 0.6) is 5.75 Å². The monoisotopic (exact) mass is 279 g/mol. The van der Waals surface area contributed by atoms with Crippen LogP contribution in [0.2, 0.25) is 0 Å². The van der Waals surface area contributed by atoms with Gasteiger partial charge in [0.1, 0.15) is 0 Å². The molecule has 1 unspecified atom stereocenters. The third kappa shape index (κ3) is 5.17. The summed E-state index contributed by atoms with van der Waals surface area (Å²) in [5.41, 5.74) is 5.76. The quantitative estimate of drug-likeness (QED) is 0.746. The van der Waals surface area contributed by atoms with E-state index in [4.69, 9.17) is 5.73 Å². The highest BCUT2D eigenvalue weighted by atomic mass is 16.3. The van der Waals surface area contributed by atoms with Gasteiger partial charge in [-0.05, 0) is 42.9 Å². The van der Waals surface area contributed by atoms with Gasteiger partial charge in [-0.1, -0.05) is 20.8 Å². The van der Waals surface area contributed by atoms with Gasteiger partial charge in [0.15, 0.2) is 11.6 Å². The van der Waals surface area contributed by atoms with Gasteiger partial charge in [0, 0.05) is 12.6 Å². The number of pyridine rings is 1. The number of aromatic nitrogens is 1. The van der Waals surface area contributed by atoms with Crippen molar-refractivity contribution in [1.29, 1.82) is 0 Å². The molecule has 0 fully saturated rings. The Hall–Kier alpha value is -1.62. The summed E-state index contributed by atoms with van der Waals surface area (Å²) in [6, 6.07) is 3.11. The van der Waals surface area contributed by atoms with Crippen molar-refractivity contribution in [2.45, 2.75) is 40.0 Å². The molecule has 1 rings (SSSR count). The van der Waals surface area contributed by atoms with Crippen LogP contribution < -0.4 is 11.1 Å². The second-order valence-corrected chi connectivity index (χ2v) is 6.10. The summed E-state index contributed by atoms with van der Waals surface area (Å²) in [7, 11) is 0. The Labute approximate surface area is 120 Å². The Morgan fingerprint density at radius 1 is 1.45 bits per heavy atom. The lowest BCUT2D eigenvalue weighted by molar-refractivity contribution is -0.116. The predicted octanol–water partition coefficient (Wildman–Crippen LogP) is 2.52. The fourth-order valence-corrected chi connectivity index (χ4v) is 2.20. The average molecular weight is 279 g/mol. The number of amides is 1. The lowest BCUT2D eigenvalue weighted by atomic mass is 9.76. The van der Waals surface area contributed by atoms with Gasteiger partial charge in [-0.3, -0.25) is 4.79 Å². The minimum Gasteiger partial charge on any atom is -0.504 e. The predicted molar refractivity (Wildman–Crippen MR) is 80.4 cm³/mol. The number of aromatic hydroxyl groups is 1. The molecule has 0 aliphatic heterocycles. The maximum atomic E-state index is 11.9. The molecule has 0 saturated carbocycles. The third-order valence-corrected chi connectivity index (χ3v) is 3.50. The van der Waals surface area contributed by atoms with Crippen LogP contribution in [0.3, 0.4) is 0 Å². The van der Waals surface area contributed by atoms with Gasteiger partial charge < -0.3 is 16.2 Å². The number of anilines is 1. The minimum atomic E-state index is -0.134. The second-order valence-electron chi connectivity index (χ2n) is 6.10. The Morgan fingerprint density at radius 3 is 2.70 bits per heavy atom. The normalized spacial score (nSPS) is 13.0. The Balaban J connectivity index is 2.52. The first kappa shape index (κ1) is 16.4. The molecular formula is C15H25N3O2. The zero-order chi connectivity index (χ0) is 15.2. The minimum absolute atomic E-state index is 0.0184. The fraction of sp³-hybridized carbons (Fsp3) is 0.600. The summed E-state index contributed by atoms with van der Waals surface area (Å²) >= 11 is 0. The van der Waals surface area contributed by atoms with E-state index in [0.29, 0.717) is 18.9 Å². The van der Waals surface area contributed by atoms with Gasteiger partial charge in [-0.2, -0.15) is 0 Å². The standard InChI is InChI=1S/C15H25N3O2/c1-15(2,3)11(8-9-16)6-7-13(20)18-14-12(19)5-4-10-17-14/h4-5,10-11,19H,6-9,16H2,1-3H3,(H,17,18,20). The van der Waals surface area contributed by atoms with Crippen molar-refractivity contribution in [2.75, 3.05) is 11.9 Å². The largest absolute Gasteiger partial charge is 0.504 e. The molecule has 0 spiro atoms. The molecule has 112 valence electrons. The maximum Gasteiger partial charge on any atom is 0.225 e. The van der Waals surface area contributed by atoms with Crippen molar-refractivity contribution in [2.24, 2.45) is 17.1 Å². The smallest absolute Gasteiger partial charge is 0.225 e. The van der Waals surface area contributed by atoms with E-state index in [1.54, 1.807) is 6.07 Å². The first-order valence-corrected chi connectivity index (χ1v) is 6.98. The van der Waals surface area contributed by atoms with E-state index in [1.165, 1.54) is 12.3 Å². The molecule has 1 amide bonds. The number of carbonyl (C=O) groups is 1. The highest BCUT2D eigenvalue weighted by Gasteiger charge is 2.24. The number of hydrogen-bond acceptors (Lipinski definition) is 4. The lowest BCUT2D eigenvalue weighted by Crippen LogP contribution is -2.25. The van der Waals surface area contributed by atoms with Crippen LogP contribution in [-0.4, -0.2) is 22.5 Å². The van der Waals surface area contributed by atoms with Crippen LogP contribution >= 0.6 is 0 Å². The molecule has 0 radical (unpaired) electrons. The molecule has 5 heteroatoms. The van der Waals surface area contributed by atoms with Crippen molar-refractivity contribution in [3.63, 3.8) is 0 Å². The lowest BCUT2D eigenvalue weighted by Gasteiger charge is -2.30. The Morgan fingerprint density at radius 2 is 2.15 bits per heavy atom. The van der Waals surface area contributed by atoms with Gasteiger partial charge in [0.05, 0.1) is 0 Å². The molecule has 1 aromatic heterocycles. The second kappa shape index (κ2) is 7.24. The van der Waals surface area contributed by atoms with Crippen LogP contribution in [0.15, 0.2) is 18.3 Å². The van der Waals surface area contributed by atoms with Gasteiger partial charge in [-0.15, -0.1) is 0 Å². The summed E-state index contributed by atoms with van der Waals surface area (Å²) in [5.74, 6) is 0.458. The van der Waals surface area contributed by atoms with Crippen LogP contribution in [0.4, 0.5) is 5.82 Å². The van der Waals surface area contributed by atoms with Crippen LogP contribution in [0.25, 0.3) is 0 Å². The zero-order valence-corrected chi connectivity index (χ0v) is 12.5. The molecule has 5 nitrogen and oxygen atoms in total. The van der Waals surface area contributed by atoms with Crippen LogP contribution in [-0.2, 0) is 4.79 Å². The molecule has 0 bridgehead atoms. The molecular weight excluding hydrogens is 254 g/mol. The number of rotatable bonds is 6. The Kier molecular flexibility index (Phi) is 5.95. The van der Waals surface area contributed by atoms with E-state index in [-0.39, 0.29) is 22.9 Å². The number of nitrogens with two attached hydrogens (primary N) is 1. The molecule has 1 aromatic rings. The topological polar surface area (TPSA) is 88.2 Å². The van der Waals surface area contributed by atoms with Crippen molar-refractivity contribution in [1.82, 2.24) is 4.98 Å². The first-order chi connectivity index (χ1) is 9.34. The summed E-state index contributed by atoms with van der Waals surface area (Å²) in [5, 5.41) is 12.2. The van der Waals surface area contributed by atoms with E-state index >= 15 is 0 Å². The summed E-state index contributed by atoms with van der Waals surface area (Å²) in [6.45, 7) is 7.12. The average Bonchev–Trinajstić information content (AvgIpc) is 2.36. The number of hydrogen-bond donors (Lipinski definition) is 3. The van der Waals surface area contributed by atoms with Gasteiger partial charge >= 0.3 is 0 Å². The molecule has 0 aromatic carbocycles. The maximum absolute atomic E-state index is 11.9. The highest BCUT2D eigenvalue weighted by molar-refractivity contribution is 5.90. The van der Waals surface area contributed by atoms with E-state index in [2.05, 4.69) is 31.1 Å². The SMILES string of the molecule is CC(C)(C)C(CCN)CCC(=O)Nc1ncccc1O. The third-order valence-electron chi connectivity index (χ3n) is 3.50. The summed E-state index contributed by atoms with van der Waals surface area (Å²) in [4.78, 5) is 15.8. The number of nitrogens with one attached hydrogen (secondary N) is 1. The molecule has 20 heavy (non-hydrogen) atoms. The van der Waals surface area contributed by atoms with Gasteiger partial charge in [0.2, 0.25) is 5.91 Å². The zero-order valence-electron chi connectivity index (χ0n) is 12.5. The van der Waals surface area contributed by atoms with Crippen LogP contribution in [0, 0.1) is 11.3 Å². The van der Waals surface area contributed by atoms with Crippen LogP contribution in [0.1, 0.15) is 40.0 Å². The summed E-state index contributed by atoms with van der Waals surface area (Å²) < 4.78 is 0.